The molecule has 1 heterocycles. The van der Waals surface area contributed by atoms with Crippen LogP contribution in [0.3, 0.4) is 0 Å². The van der Waals surface area contributed by atoms with E-state index in [4.69, 9.17) is 4.74 Å². The highest BCUT2D eigenvalue weighted by Gasteiger charge is 2.50. The number of nitrogens with one attached hydrogen (secondary N) is 1. The van der Waals surface area contributed by atoms with Crippen LogP contribution in [0.15, 0.2) is 71.5 Å². The number of ether oxygens (including phenoxy) is 1. The SMILES string of the molecule is CC(C)(C)[C@](Cc1ccc(-c2ncc(Br)cn2)cc1)(NC(=O)OCc1ccccc1)C(=O)O. The van der Waals surface area contributed by atoms with Gasteiger partial charge in [0.1, 0.15) is 12.1 Å². The van der Waals surface area contributed by atoms with Gasteiger partial charge in [0.05, 0.1) is 4.47 Å². The fourth-order valence-electron chi connectivity index (χ4n) is 3.42. The van der Waals surface area contributed by atoms with Crippen LogP contribution in [0.25, 0.3) is 11.4 Å². The van der Waals surface area contributed by atoms with E-state index in [0.717, 1.165) is 21.2 Å². The fourth-order valence-corrected chi connectivity index (χ4v) is 3.62. The topological polar surface area (TPSA) is 101 Å². The Labute approximate surface area is 201 Å². The molecular formula is C25H26BrN3O4. The quantitative estimate of drug-likeness (QED) is 0.449. The lowest BCUT2D eigenvalue weighted by atomic mass is 9.70. The Morgan fingerprint density at radius 3 is 2.12 bits per heavy atom. The molecule has 1 amide bonds. The van der Waals surface area contributed by atoms with Crippen molar-refractivity contribution in [1.29, 1.82) is 0 Å². The molecule has 3 aromatic rings. The summed E-state index contributed by atoms with van der Waals surface area (Å²) in [6, 6.07) is 16.5. The maximum absolute atomic E-state index is 12.6. The van der Waals surface area contributed by atoms with Gasteiger partial charge in [-0.1, -0.05) is 75.4 Å². The van der Waals surface area contributed by atoms with Gasteiger partial charge in [0, 0.05) is 24.4 Å². The zero-order valence-corrected chi connectivity index (χ0v) is 20.3. The molecule has 0 aliphatic carbocycles. The summed E-state index contributed by atoms with van der Waals surface area (Å²) >= 11 is 3.31. The van der Waals surface area contributed by atoms with Crippen molar-refractivity contribution in [2.24, 2.45) is 5.41 Å². The van der Waals surface area contributed by atoms with Crippen LogP contribution in [0.5, 0.6) is 0 Å². The number of alkyl carbamates (subject to hydrolysis) is 1. The van der Waals surface area contributed by atoms with Crippen LogP contribution in [-0.4, -0.2) is 32.7 Å². The van der Waals surface area contributed by atoms with E-state index in [2.05, 4.69) is 31.2 Å². The number of benzene rings is 2. The summed E-state index contributed by atoms with van der Waals surface area (Å²) in [7, 11) is 0. The highest BCUT2D eigenvalue weighted by Crippen LogP contribution is 2.34. The zero-order chi connectivity index (χ0) is 24.1. The van der Waals surface area contributed by atoms with E-state index in [9.17, 15) is 14.7 Å². The van der Waals surface area contributed by atoms with Gasteiger partial charge in [-0.3, -0.25) is 0 Å². The lowest BCUT2D eigenvalue weighted by Gasteiger charge is -2.41. The van der Waals surface area contributed by atoms with Crippen LogP contribution in [0.2, 0.25) is 0 Å². The minimum Gasteiger partial charge on any atom is -0.479 e. The van der Waals surface area contributed by atoms with Crippen LogP contribution >= 0.6 is 15.9 Å². The summed E-state index contributed by atoms with van der Waals surface area (Å²) in [6.07, 6.45) is 2.62. The van der Waals surface area contributed by atoms with Gasteiger partial charge in [0.15, 0.2) is 5.82 Å². The molecule has 0 bridgehead atoms. The van der Waals surface area contributed by atoms with Gasteiger partial charge in [0.25, 0.3) is 0 Å². The van der Waals surface area contributed by atoms with E-state index in [-0.39, 0.29) is 13.0 Å². The third-order valence-corrected chi connectivity index (χ3v) is 5.88. The lowest BCUT2D eigenvalue weighted by molar-refractivity contribution is -0.149. The van der Waals surface area contributed by atoms with Crippen LogP contribution in [0.1, 0.15) is 31.9 Å². The summed E-state index contributed by atoms with van der Waals surface area (Å²) in [6.45, 7) is 5.39. The second-order valence-electron chi connectivity index (χ2n) is 8.75. The van der Waals surface area contributed by atoms with Crippen LogP contribution in [0.4, 0.5) is 4.79 Å². The van der Waals surface area contributed by atoms with Crippen molar-refractivity contribution in [3.63, 3.8) is 0 Å². The number of halogens is 1. The first-order valence-corrected chi connectivity index (χ1v) is 11.2. The second-order valence-corrected chi connectivity index (χ2v) is 9.66. The van der Waals surface area contributed by atoms with Gasteiger partial charge in [-0.2, -0.15) is 0 Å². The molecule has 8 heteroatoms. The number of rotatable bonds is 7. The molecule has 2 N–H and O–H groups in total. The smallest absolute Gasteiger partial charge is 0.408 e. The number of carbonyl (C=O) groups excluding carboxylic acids is 1. The Balaban J connectivity index is 1.80. The minimum absolute atomic E-state index is 0.0500. The van der Waals surface area contributed by atoms with Crippen molar-refractivity contribution >= 4 is 28.0 Å². The molecule has 0 spiro atoms. The van der Waals surface area contributed by atoms with Crippen molar-refractivity contribution in [2.45, 2.75) is 39.3 Å². The molecule has 2 aromatic carbocycles. The number of aromatic nitrogens is 2. The van der Waals surface area contributed by atoms with Crippen LogP contribution in [0, 0.1) is 5.41 Å². The third-order valence-electron chi connectivity index (χ3n) is 5.48. The largest absolute Gasteiger partial charge is 0.479 e. The number of hydrogen-bond donors (Lipinski definition) is 2. The second kappa shape index (κ2) is 10.1. The predicted octanol–water partition coefficient (Wildman–Crippen LogP) is 5.24. The number of carboxylic acids is 1. The summed E-state index contributed by atoms with van der Waals surface area (Å²) in [5.41, 5.74) is -0.0288. The van der Waals surface area contributed by atoms with E-state index in [0.29, 0.717) is 5.82 Å². The number of carboxylic acid groups (broad SMARTS) is 1. The zero-order valence-electron chi connectivity index (χ0n) is 18.7. The van der Waals surface area contributed by atoms with Crippen molar-refractivity contribution in [1.82, 2.24) is 15.3 Å². The number of carbonyl (C=O) groups is 2. The van der Waals surface area contributed by atoms with E-state index in [1.54, 1.807) is 33.2 Å². The molecular weight excluding hydrogens is 486 g/mol. The average Bonchev–Trinajstić information content (AvgIpc) is 2.78. The Bertz CT molecular complexity index is 1100. The molecule has 1 atom stereocenters. The van der Waals surface area contributed by atoms with E-state index in [1.807, 2.05) is 54.6 Å². The molecule has 0 fully saturated rings. The normalized spacial score (nSPS) is 13.1. The van der Waals surface area contributed by atoms with Gasteiger partial charge in [-0.05, 0) is 32.5 Å². The number of nitrogens with zero attached hydrogens (tertiary/aromatic N) is 2. The van der Waals surface area contributed by atoms with E-state index >= 15 is 0 Å². The summed E-state index contributed by atoms with van der Waals surface area (Å²) in [5.74, 6) is -0.570. The highest BCUT2D eigenvalue weighted by molar-refractivity contribution is 9.10. The van der Waals surface area contributed by atoms with Crippen molar-refractivity contribution in [2.75, 3.05) is 0 Å². The molecule has 7 nitrogen and oxygen atoms in total. The Hall–Kier alpha value is -3.26. The van der Waals surface area contributed by atoms with Gasteiger partial charge < -0.3 is 15.2 Å². The fraction of sp³-hybridized carbons (Fsp3) is 0.280. The monoisotopic (exact) mass is 511 g/mol. The first-order valence-electron chi connectivity index (χ1n) is 10.4. The van der Waals surface area contributed by atoms with Gasteiger partial charge in [-0.15, -0.1) is 0 Å². The van der Waals surface area contributed by atoms with Crippen LogP contribution < -0.4 is 5.32 Å². The van der Waals surface area contributed by atoms with Gasteiger partial charge in [-0.25, -0.2) is 19.6 Å². The first-order chi connectivity index (χ1) is 15.6. The molecule has 0 aliphatic heterocycles. The molecule has 3 rings (SSSR count). The van der Waals surface area contributed by atoms with Crippen LogP contribution in [-0.2, 0) is 22.6 Å². The van der Waals surface area contributed by atoms with E-state index in [1.165, 1.54) is 0 Å². The number of hydrogen-bond acceptors (Lipinski definition) is 5. The Morgan fingerprint density at radius 1 is 0.970 bits per heavy atom. The maximum atomic E-state index is 12.6. The summed E-state index contributed by atoms with van der Waals surface area (Å²) < 4.78 is 6.10. The standard InChI is InChI=1S/C25H26BrN3O4/c1-24(2,3)25(22(30)31,29-23(32)33-16-18-7-5-4-6-8-18)13-17-9-11-19(12-10-17)21-27-14-20(26)15-28-21/h4-12,14-15H,13,16H2,1-3H3,(H,29,32)(H,30,31)/t25-/m1/s1. The molecule has 0 unspecified atom stereocenters. The molecule has 0 aliphatic rings. The van der Waals surface area contributed by atoms with E-state index < -0.39 is 23.0 Å². The molecule has 0 saturated heterocycles. The maximum Gasteiger partial charge on any atom is 0.408 e. The summed E-state index contributed by atoms with van der Waals surface area (Å²) in [5, 5.41) is 12.9. The van der Waals surface area contributed by atoms with Gasteiger partial charge in [0.2, 0.25) is 0 Å². The average molecular weight is 512 g/mol. The lowest BCUT2D eigenvalue weighted by Crippen LogP contribution is -2.63. The van der Waals surface area contributed by atoms with Crippen molar-refractivity contribution in [3.8, 4) is 11.4 Å². The highest BCUT2D eigenvalue weighted by atomic mass is 79.9. The van der Waals surface area contributed by atoms with Crippen molar-refractivity contribution < 1.29 is 19.4 Å². The third kappa shape index (κ3) is 5.96. The number of amides is 1. The Morgan fingerprint density at radius 2 is 1.58 bits per heavy atom. The number of aliphatic carboxylic acids is 1. The minimum atomic E-state index is -1.59. The predicted molar refractivity (Wildman–Crippen MR) is 128 cm³/mol. The van der Waals surface area contributed by atoms with Crippen molar-refractivity contribution in [3.05, 3.63) is 82.6 Å². The molecule has 0 saturated carbocycles. The Kier molecular flexibility index (Phi) is 7.48. The molecule has 172 valence electrons. The molecule has 1 aromatic heterocycles. The first kappa shape index (κ1) is 24.4. The molecule has 33 heavy (non-hydrogen) atoms. The van der Waals surface area contributed by atoms with Gasteiger partial charge >= 0.3 is 12.1 Å². The molecule has 0 radical (unpaired) electrons. The summed E-state index contributed by atoms with van der Waals surface area (Å²) in [4.78, 5) is 33.7.